The van der Waals surface area contributed by atoms with Crippen LogP contribution in [0, 0.1) is 0 Å². The van der Waals surface area contributed by atoms with Gasteiger partial charge in [-0.3, -0.25) is 0 Å². The quantitative estimate of drug-likeness (QED) is 0.545. The van der Waals surface area contributed by atoms with Crippen molar-refractivity contribution in [2.75, 3.05) is 13.2 Å². The van der Waals surface area contributed by atoms with Crippen LogP contribution in [0.5, 0.6) is 17.6 Å². The number of benzene rings is 1. The Morgan fingerprint density at radius 2 is 2.00 bits per heavy atom. The monoisotopic (exact) mass is 459 g/mol. The predicted octanol–water partition coefficient (Wildman–Crippen LogP) is 2.68. The molecule has 3 aliphatic rings. The van der Waals surface area contributed by atoms with Gasteiger partial charge in [0.25, 0.3) is 6.01 Å². The van der Waals surface area contributed by atoms with Gasteiger partial charge in [-0.05, 0) is 37.0 Å². The number of phenolic OH excluding ortho intramolecular Hbond substituents is 1. The molecule has 0 bridgehead atoms. The molecule has 0 radical (unpaired) electrons. The number of aliphatic hydroxyl groups excluding tert-OH is 1. The zero-order valence-electron chi connectivity index (χ0n) is 17.0. The highest BCUT2D eigenvalue weighted by Crippen LogP contribution is 2.39. The molecule has 9 nitrogen and oxygen atoms in total. The molecule has 3 N–H and O–H groups in total. The zero-order chi connectivity index (χ0) is 21.8. The van der Waals surface area contributed by atoms with Gasteiger partial charge in [0.2, 0.25) is 5.88 Å². The summed E-state index contributed by atoms with van der Waals surface area (Å²) in [7, 11) is 0. The van der Waals surface area contributed by atoms with Gasteiger partial charge in [0.1, 0.15) is 35.2 Å². The van der Waals surface area contributed by atoms with E-state index in [9.17, 15) is 10.2 Å². The Bertz CT molecular complexity index is 1170. The van der Waals surface area contributed by atoms with Crippen LogP contribution < -0.4 is 9.47 Å². The van der Waals surface area contributed by atoms with E-state index in [1.807, 2.05) is 12.1 Å². The predicted molar refractivity (Wildman–Crippen MR) is 113 cm³/mol. The second kappa shape index (κ2) is 7.77. The summed E-state index contributed by atoms with van der Waals surface area (Å²) in [5.41, 5.74) is 2.89. The summed E-state index contributed by atoms with van der Waals surface area (Å²) >= 11 is 6.46. The van der Waals surface area contributed by atoms with Gasteiger partial charge in [-0.1, -0.05) is 23.7 Å². The first-order chi connectivity index (χ1) is 15.6. The maximum atomic E-state index is 10.2. The van der Waals surface area contributed by atoms with E-state index in [2.05, 4.69) is 15.0 Å². The number of H-pyrrole nitrogens is 1. The van der Waals surface area contributed by atoms with Gasteiger partial charge in [-0.2, -0.15) is 9.97 Å². The summed E-state index contributed by atoms with van der Waals surface area (Å²) in [6.45, 7) is 0.537. The molecule has 0 saturated carbocycles. The van der Waals surface area contributed by atoms with E-state index < -0.39 is 6.10 Å². The number of hydrogen-bond acceptors (Lipinski definition) is 8. The molecule has 32 heavy (non-hydrogen) atoms. The SMILES string of the molecule is Oc1cccc2c1CCCC2Oc1nc2nc(O[C@@H]3COC4[C@H](O)CO[C@@H]43)[nH]c2cc1Cl. The lowest BCUT2D eigenvalue weighted by atomic mass is 9.89. The third kappa shape index (κ3) is 3.36. The van der Waals surface area contributed by atoms with E-state index in [0.717, 1.165) is 30.4 Å². The van der Waals surface area contributed by atoms with E-state index in [4.69, 9.17) is 30.5 Å². The number of halogens is 1. The van der Waals surface area contributed by atoms with Crippen LogP contribution in [0.15, 0.2) is 24.3 Å². The molecule has 1 aliphatic carbocycles. The lowest BCUT2D eigenvalue weighted by Crippen LogP contribution is -2.34. The van der Waals surface area contributed by atoms with Crippen molar-refractivity contribution in [3.05, 3.63) is 40.4 Å². The van der Waals surface area contributed by atoms with Crippen LogP contribution in [0.3, 0.4) is 0 Å². The summed E-state index contributed by atoms with van der Waals surface area (Å²) in [5, 5.41) is 20.4. The van der Waals surface area contributed by atoms with Crippen molar-refractivity contribution in [2.45, 2.75) is 49.8 Å². The largest absolute Gasteiger partial charge is 0.508 e. The first kappa shape index (κ1) is 20.0. The number of aliphatic hydroxyl groups is 1. The summed E-state index contributed by atoms with van der Waals surface area (Å²) in [4.78, 5) is 12.0. The van der Waals surface area contributed by atoms with Crippen LogP contribution in [0.4, 0.5) is 0 Å². The second-order valence-electron chi connectivity index (χ2n) is 8.35. The summed E-state index contributed by atoms with van der Waals surface area (Å²) in [5.74, 6) is 0.571. The highest BCUT2D eigenvalue weighted by molar-refractivity contribution is 6.32. The molecule has 1 aromatic carbocycles. The first-order valence-electron chi connectivity index (χ1n) is 10.7. The maximum absolute atomic E-state index is 10.2. The van der Waals surface area contributed by atoms with Crippen molar-refractivity contribution in [3.8, 4) is 17.6 Å². The fourth-order valence-corrected chi connectivity index (χ4v) is 4.95. The normalized spacial score (nSPS) is 29.1. The average Bonchev–Trinajstić information content (AvgIpc) is 3.46. The van der Waals surface area contributed by atoms with Crippen molar-refractivity contribution in [1.29, 1.82) is 0 Å². The number of imidazole rings is 1. The van der Waals surface area contributed by atoms with Gasteiger partial charge < -0.3 is 34.1 Å². The molecule has 2 unspecified atom stereocenters. The van der Waals surface area contributed by atoms with Crippen molar-refractivity contribution >= 4 is 22.8 Å². The number of nitrogens with zero attached hydrogens (tertiary/aromatic N) is 2. The lowest BCUT2D eigenvalue weighted by molar-refractivity contribution is 0.00706. The van der Waals surface area contributed by atoms with Crippen LogP contribution >= 0.6 is 11.6 Å². The number of hydrogen-bond donors (Lipinski definition) is 3. The van der Waals surface area contributed by atoms with E-state index >= 15 is 0 Å². The Hall–Kier alpha value is -2.59. The Labute approximate surface area is 188 Å². The lowest BCUT2D eigenvalue weighted by Gasteiger charge is -2.26. The first-order valence-corrected chi connectivity index (χ1v) is 11.1. The van der Waals surface area contributed by atoms with E-state index in [-0.39, 0.29) is 48.7 Å². The van der Waals surface area contributed by atoms with Gasteiger partial charge in [-0.15, -0.1) is 0 Å². The highest BCUT2D eigenvalue weighted by Gasteiger charge is 2.48. The van der Waals surface area contributed by atoms with Gasteiger partial charge in [0.05, 0.1) is 18.7 Å². The molecule has 5 atom stereocenters. The average molecular weight is 460 g/mol. The summed E-state index contributed by atoms with van der Waals surface area (Å²) in [6, 6.07) is 7.45. The van der Waals surface area contributed by atoms with Gasteiger partial charge >= 0.3 is 0 Å². The Morgan fingerprint density at radius 3 is 2.91 bits per heavy atom. The smallest absolute Gasteiger partial charge is 0.296 e. The number of aromatic amines is 1. The Kier molecular flexibility index (Phi) is 4.87. The fraction of sp³-hybridized carbons (Fsp3) is 0.455. The van der Waals surface area contributed by atoms with Crippen molar-refractivity contribution in [3.63, 3.8) is 0 Å². The number of aromatic nitrogens is 3. The third-order valence-corrected chi connectivity index (χ3v) is 6.57. The van der Waals surface area contributed by atoms with Gasteiger partial charge in [-0.25, -0.2) is 0 Å². The molecule has 3 aromatic rings. The Balaban J connectivity index is 1.24. The minimum atomic E-state index is -0.642. The molecule has 2 aromatic heterocycles. The maximum Gasteiger partial charge on any atom is 0.296 e. The molecular formula is C22H22ClN3O6. The van der Waals surface area contributed by atoms with Crippen molar-refractivity contribution < 1.29 is 29.2 Å². The minimum absolute atomic E-state index is 0.231. The second-order valence-corrected chi connectivity index (χ2v) is 8.76. The molecule has 168 valence electrons. The Morgan fingerprint density at radius 1 is 1.12 bits per heavy atom. The third-order valence-electron chi connectivity index (χ3n) is 6.30. The molecule has 10 heteroatoms. The van der Waals surface area contributed by atoms with Crippen LogP contribution in [-0.2, 0) is 15.9 Å². The van der Waals surface area contributed by atoms with E-state index in [0.29, 0.717) is 22.8 Å². The number of nitrogens with one attached hydrogen (secondary N) is 1. The zero-order valence-corrected chi connectivity index (χ0v) is 17.8. The topological polar surface area (TPSA) is 119 Å². The number of phenols is 1. The molecule has 4 heterocycles. The van der Waals surface area contributed by atoms with Crippen LogP contribution in [0.1, 0.15) is 30.1 Å². The fourth-order valence-electron chi connectivity index (χ4n) is 4.75. The number of pyridine rings is 1. The molecule has 2 saturated heterocycles. The molecule has 0 amide bonds. The molecule has 2 aliphatic heterocycles. The molecular weight excluding hydrogens is 438 g/mol. The molecule has 0 spiro atoms. The van der Waals surface area contributed by atoms with Crippen LogP contribution in [0.25, 0.3) is 11.2 Å². The number of fused-ring (bicyclic) bond motifs is 3. The number of rotatable bonds is 4. The van der Waals surface area contributed by atoms with E-state index in [1.54, 1.807) is 12.1 Å². The van der Waals surface area contributed by atoms with Gasteiger partial charge in [0.15, 0.2) is 11.8 Å². The van der Waals surface area contributed by atoms with Crippen LogP contribution in [0.2, 0.25) is 5.02 Å². The van der Waals surface area contributed by atoms with Crippen molar-refractivity contribution in [2.24, 2.45) is 0 Å². The highest BCUT2D eigenvalue weighted by atomic mass is 35.5. The van der Waals surface area contributed by atoms with Gasteiger partial charge in [0, 0.05) is 5.56 Å². The van der Waals surface area contributed by atoms with Crippen LogP contribution in [-0.4, -0.2) is 62.8 Å². The van der Waals surface area contributed by atoms with E-state index in [1.165, 1.54) is 0 Å². The number of aromatic hydroxyl groups is 1. The molecule has 2 fully saturated rings. The summed E-state index contributed by atoms with van der Waals surface area (Å²) < 4.78 is 23.3. The van der Waals surface area contributed by atoms with Crippen molar-refractivity contribution in [1.82, 2.24) is 15.0 Å². The standard InChI is InChI=1S/C22H22ClN3O6/c23-12-7-13-20(26-22(24-13)32-17-9-30-18-15(28)8-29-19(17)18)25-21(12)31-16-6-2-3-10-11(16)4-1-5-14(10)27/h1,4-5,7,15-19,27-28H,2-3,6,8-9H2,(H,24,25,26)/t15-,16?,17-,18?,19-/m1/s1. The molecule has 6 rings (SSSR count). The minimum Gasteiger partial charge on any atom is -0.508 e. The number of ether oxygens (including phenoxy) is 4. The summed E-state index contributed by atoms with van der Waals surface area (Å²) in [6.07, 6.45) is 0.532.